The summed E-state index contributed by atoms with van der Waals surface area (Å²) in [7, 11) is 0. The second-order valence-electron chi connectivity index (χ2n) is 8.43. The van der Waals surface area contributed by atoms with Crippen LogP contribution >= 0.6 is 0 Å². The molecule has 0 spiro atoms. The Morgan fingerprint density at radius 1 is 1.40 bits per heavy atom. The molecule has 6 rings (SSSR count). The van der Waals surface area contributed by atoms with Crippen molar-refractivity contribution in [3.8, 4) is 6.07 Å². The highest BCUT2D eigenvalue weighted by Gasteiger charge is 2.58. The van der Waals surface area contributed by atoms with Crippen LogP contribution in [0.5, 0.6) is 0 Å². The van der Waals surface area contributed by atoms with Gasteiger partial charge in [0.1, 0.15) is 36.7 Å². The first kappa shape index (κ1) is 19.0. The van der Waals surface area contributed by atoms with Crippen LogP contribution in [0.25, 0.3) is 5.52 Å². The molecule has 11 heteroatoms. The fourth-order valence-corrected chi connectivity index (χ4v) is 4.76. The smallest absolute Gasteiger partial charge is 0.434 e. The number of nitrogens with two attached hydrogens (primary N) is 1. The minimum absolute atomic E-state index is 0.0978. The summed E-state index contributed by atoms with van der Waals surface area (Å²) in [6.45, 7) is -0.0319. The van der Waals surface area contributed by atoms with Gasteiger partial charge in [-0.05, 0) is 37.3 Å². The average Bonchev–Trinajstić information content (AvgIpc) is 3.10. The molecule has 4 N–H and O–H groups in total. The number of anilines is 1. The van der Waals surface area contributed by atoms with Crippen molar-refractivity contribution in [2.45, 2.75) is 43.2 Å². The van der Waals surface area contributed by atoms with E-state index in [1.165, 1.54) is 16.9 Å². The summed E-state index contributed by atoms with van der Waals surface area (Å²) in [5.41, 5.74) is 4.57. The number of fused-ring (bicyclic) bond motifs is 1. The van der Waals surface area contributed by atoms with Gasteiger partial charge in [-0.3, -0.25) is 0 Å². The minimum Gasteiger partial charge on any atom is -0.434 e. The Morgan fingerprint density at radius 3 is 2.83 bits per heavy atom. The van der Waals surface area contributed by atoms with Crippen LogP contribution in [0.15, 0.2) is 18.5 Å². The standard InChI is InChI=1S/C19H21N5O6/c20-7-19(13-2-1-11-16(21)22-9-23-24(11)13)15(26)14(25)12(6-29-19)30-17(27)28-8-18-3-10(4-18)5-18/h1-2,9-10,12,14-15,25-26H,3-6,8H2,(H2,21,22,23)/t10?,12-,14+,15+,18?,19-/m0/s1. The van der Waals surface area contributed by atoms with Crippen LogP contribution in [0.1, 0.15) is 25.0 Å². The zero-order valence-corrected chi connectivity index (χ0v) is 16.0. The molecule has 4 atom stereocenters. The molecular formula is C19H21N5O6. The van der Waals surface area contributed by atoms with E-state index in [2.05, 4.69) is 10.1 Å². The number of nitrogens with zero attached hydrogens (tertiary/aromatic N) is 4. The molecule has 3 heterocycles. The summed E-state index contributed by atoms with van der Waals surface area (Å²) < 4.78 is 17.3. The number of rotatable bonds is 4. The van der Waals surface area contributed by atoms with E-state index in [0.717, 1.165) is 25.2 Å². The Balaban J connectivity index is 1.31. The number of ether oxygens (including phenoxy) is 3. The van der Waals surface area contributed by atoms with Crippen molar-refractivity contribution in [1.82, 2.24) is 14.6 Å². The highest BCUT2D eigenvalue weighted by molar-refractivity contribution is 5.66. The van der Waals surface area contributed by atoms with Gasteiger partial charge in [-0.25, -0.2) is 14.3 Å². The molecule has 3 saturated carbocycles. The van der Waals surface area contributed by atoms with Crippen molar-refractivity contribution in [3.63, 3.8) is 0 Å². The zero-order valence-electron chi connectivity index (χ0n) is 16.0. The second kappa shape index (κ2) is 6.53. The van der Waals surface area contributed by atoms with E-state index in [9.17, 15) is 20.3 Å². The van der Waals surface area contributed by atoms with Gasteiger partial charge in [0.2, 0.25) is 5.60 Å². The largest absolute Gasteiger partial charge is 0.508 e. The number of aromatic nitrogens is 3. The monoisotopic (exact) mass is 415 g/mol. The lowest BCUT2D eigenvalue weighted by molar-refractivity contribution is -0.226. The number of hydrogen-bond donors (Lipinski definition) is 3. The quantitative estimate of drug-likeness (QED) is 0.583. The highest BCUT2D eigenvalue weighted by atomic mass is 16.7. The molecule has 2 aromatic rings. The van der Waals surface area contributed by atoms with Crippen molar-refractivity contribution in [2.75, 3.05) is 18.9 Å². The molecule has 0 unspecified atom stereocenters. The van der Waals surface area contributed by atoms with Crippen LogP contribution in [-0.4, -0.2) is 62.5 Å². The summed E-state index contributed by atoms with van der Waals surface area (Å²) in [5, 5.41) is 35.3. The second-order valence-corrected chi connectivity index (χ2v) is 8.43. The third kappa shape index (κ3) is 2.64. The third-order valence-corrected chi connectivity index (χ3v) is 6.53. The lowest BCUT2D eigenvalue weighted by Gasteiger charge is -2.61. The first-order valence-corrected chi connectivity index (χ1v) is 9.71. The van der Waals surface area contributed by atoms with Crippen molar-refractivity contribution in [2.24, 2.45) is 11.3 Å². The molecule has 2 bridgehead atoms. The molecule has 0 radical (unpaired) electrons. The fraction of sp³-hybridized carbons (Fsp3) is 0.579. The summed E-state index contributed by atoms with van der Waals surface area (Å²) in [4.78, 5) is 15.9. The Morgan fingerprint density at radius 2 is 2.17 bits per heavy atom. The SMILES string of the molecule is N#C[C@@]1(c2ccc3c(N)ncnn23)OC[C@H](OC(=O)OCC23CC(C2)C3)[C@@H](O)[C@H]1O. The molecule has 0 amide bonds. The van der Waals surface area contributed by atoms with Gasteiger partial charge in [0.05, 0.1) is 12.3 Å². The molecular weight excluding hydrogens is 394 g/mol. The van der Waals surface area contributed by atoms with Crippen molar-refractivity contribution < 1.29 is 29.2 Å². The van der Waals surface area contributed by atoms with Gasteiger partial charge in [0.25, 0.3) is 0 Å². The Hall–Kier alpha value is -2.94. The fourth-order valence-electron chi connectivity index (χ4n) is 4.76. The molecule has 4 aliphatic rings. The molecule has 1 aliphatic heterocycles. The number of nitriles is 1. The highest BCUT2D eigenvalue weighted by Crippen LogP contribution is 2.64. The van der Waals surface area contributed by atoms with E-state index in [1.807, 2.05) is 6.07 Å². The lowest BCUT2D eigenvalue weighted by Crippen LogP contribution is -2.60. The van der Waals surface area contributed by atoms with Crippen LogP contribution < -0.4 is 5.73 Å². The van der Waals surface area contributed by atoms with E-state index < -0.39 is 30.1 Å². The average molecular weight is 415 g/mol. The molecule has 4 fully saturated rings. The van der Waals surface area contributed by atoms with Crippen molar-refractivity contribution in [3.05, 3.63) is 24.2 Å². The van der Waals surface area contributed by atoms with Gasteiger partial charge in [0, 0.05) is 5.41 Å². The van der Waals surface area contributed by atoms with E-state index >= 15 is 0 Å². The maximum Gasteiger partial charge on any atom is 0.508 e. The summed E-state index contributed by atoms with van der Waals surface area (Å²) in [6.07, 6.45) is -1.01. The number of nitrogen functional groups attached to an aromatic ring is 1. The van der Waals surface area contributed by atoms with Gasteiger partial charge in [-0.1, -0.05) is 0 Å². The molecule has 158 valence electrons. The number of carbonyl (C=O) groups excluding carboxylic acids is 1. The van der Waals surface area contributed by atoms with Gasteiger partial charge < -0.3 is 30.2 Å². The summed E-state index contributed by atoms with van der Waals surface area (Å²) in [5.74, 6) is 0.945. The Bertz CT molecular complexity index is 1030. The predicted molar refractivity (Wildman–Crippen MR) is 98.7 cm³/mol. The van der Waals surface area contributed by atoms with Crippen LogP contribution in [0.4, 0.5) is 10.6 Å². The third-order valence-electron chi connectivity index (χ3n) is 6.53. The Kier molecular flexibility index (Phi) is 4.15. The molecule has 30 heavy (non-hydrogen) atoms. The maximum absolute atomic E-state index is 12.0. The summed E-state index contributed by atoms with van der Waals surface area (Å²) in [6, 6.07) is 5.02. The molecule has 0 aromatic carbocycles. The maximum atomic E-state index is 12.0. The summed E-state index contributed by atoms with van der Waals surface area (Å²) >= 11 is 0. The number of hydrogen-bond acceptors (Lipinski definition) is 10. The van der Waals surface area contributed by atoms with Gasteiger partial charge in [0.15, 0.2) is 11.9 Å². The zero-order chi connectivity index (χ0) is 21.1. The molecule has 3 aliphatic carbocycles. The van der Waals surface area contributed by atoms with Gasteiger partial charge in [-0.15, -0.1) is 0 Å². The van der Waals surface area contributed by atoms with E-state index in [0.29, 0.717) is 5.52 Å². The topological polar surface area (TPSA) is 165 Å². The van der Waals surface area contributed by atoms with Crippen LogP contribution in [-0.2, 0) is 19.8 Å². The van der Waals surface area contributed by atoms with Crippen LogP contribution in [0.3, 0.4) is 0 Å². The van der Waals surface area contributed by atoms with Crippen LogP contribution in [0, 0.1) is 22.7 Å². The lowest BCUT2D eigenvalue weighted by atomic mass is 9.45. The molecule has 11 nitrogen and oxygen atoms in total. The first-order chi connectivity index (χ1) is 14.4. The van der Waals surface area contributed by atoms with Crippen molar-refractivity contribution >= 4 is 17.5 Å². The van der Waals surface area contributed by atoms with E-state index in [-0.39, 0.29) is 30.1 Å². The Labute approximate surface area is 171 Å². The predicted octanol–water partition coefficient (Wildman–Crippen LogP) is 0.104. The van der Waals surface area contributed by atoms with Crippen molar-refractivity contribution in [1.29, 1.82) is 5.26 Å². The van der Waals surface area contributed by atoms with E-state index in [4.69, 9.17) is 19.9 Å². The van der Waals surface area contributed by atoms with E-state index in [1.54, 1.807) is 6.07 Å². The van der Waals surface area contributed by atoms with Gasteiger partial charge >= 0.3 is 6.16 Å². The number of aliphatic hydroxyl groups excluding tert-OH is 2. The van der Waals surface area contributed by atoms with Gasteiger partial charge in [-0.2, -0.15) is 10.4 Å². The molecule has 2 aromatic heterocycles. The normalized spacial score (nSPS) is 37.0. The first-order valence-electron chi connectivity index (χ1n) is 9.71. The number of aliphatic hydroxyl groups is 2. The van der Waals surface area contributed by atoms with Crippen LogP contribution in [0.2, 0.25) is 0 Å². The minimum atomic E-state index is -1.94. The number of carbonyl (C=O) groups is 1. The molecule has 1 saturated heterocycles.